The van der Waals surface area contributed by atoms with Crippen LogP contribution >= 0.6 is 23.2 Å². The van der Waals surface area contributed by atoms with Crippen molar-refractivity contribution in [1.29, 1.82) is 0 Å². The van der Waals surface area contributed by atoms with E-state index in [4.69, 9.17) is 23.2 Å². The fourth-order valence-electron chi connectivity index (χ4n) is 2.06. The lowest BCUT2D eigenvalue weighted by Gasteiger charge is -2.18. The fraction of sp³-hybridized carbons (Fsp3) is 0.200. The van der Waals surface area contributed by atoms with Crippen LogP contribution in [-0.4, -0.2) is 7.05 Å². The van der Waals surface area contributed by atoms with Gasteiger partial charge in [-0.1, -0.05) is 29.3 Å². The summed E-state index contributed by atoms with van der Waals surface area (Å²) < 4.78 is 27.7. The predicted octanol–water partition coefficient (Wildman–Crippen LogP) is 4.77. The van der Waals surface area contributed by atoms with Gasteiger partial charge >= 0.3 is 0 Å². The molecule has 0 saturated heterocycles. The van der Waals surface area contributed by atoms with E-state index in [1.807, 2.05) is 0 Å². The average Bonchev–Trinajstić information content (AvgIpc) is 2.41. The lowest BCUT2D eigenvalue weighted by Crippen LogP contribution is -2.20. The standard InChI is InChI=1S/C15H13Cl2F2N/c1-20-15(12-7-10(16)4-5-13(12)18)6-9-2-3-11(17)8-14(9)19/h2-5,7-8,15,20H,6H2,1H3. The second-order valence-corrected chi connectivity index (χ2v) is 5.32. The van der Waals surface area contributed by atoms with Crippen molar-refractivity contribution in [1.82, 2.24) is 5.32 Å². The Hall–Kier alpha value is -1.16. The molecular weight excluding hydrogens is 303 g/mol. The van der Waals surface area contributed by atoms with Gasteiger partial charge in [-0.3, -0.25) is 0 Å². The summed E-state index contributed by atoms with van der Waals surface area (Å²) in [7, 11) is 1.69. The maximum Gasteiger partial charge on any atom is 0.128 e. The molecule has 2 aromatic carbocycles. The van der Waals surface area contributed by atoms with Gasteiger partial charge in [0.05, 0.1) is 0 Å². The van der Waals surface area contributed by atoms with Crippen LogP contribution in [0.15, 0.2) is 36.4 Å². The molecule has 1 N–H and O–H groups in total. The van der Waals surface area contributed by atoms with Gasteiger partial charge in [-0.05, 0) is 49.4 Å². The van der Waals surface area contributed by atoms with Gasteiger partial charge in [-0.25, -0.2) is 8.78 Å². The van der Waals surface area contributed by atoms with E-state index in [1.165, 1.54) is 18.2 Å². The van der Waals surface area contributed by atoms with Crippen molar-refractivity contribution in [2.24, 2.45) is 0 Å². The smallest absolute Gasteiger partial charge is 0.128 e. The molecular formula is C15H13Cl2F2N. The summed E-state index contributed by atoms with van der Waals surface area (Å²) in [6.07, 6.45) is 0.302. The van der Waals surface area contributed by atoms with E-state index in [2.05, 4.69) is 5.32 Å². The summed E-state index contributed by atoms with van der Waals surface area (Å²) in [5.74, 6) is -0.775. The number of halogens is 4. The molecule has 20 heavy (non-hydrogen) atoms. The Balaban J connectivity index is 2.31. The van der Waals surface area contributed by atoms with Gasteiger partial charge < -0.3 is 5.32 Å². The molecule has 0 fully saturated rings. The molecule has 2 rings (SSSR count). The van der Waals surface area contributed by atoms with E-state index in [0.29, 0.717) is 27.6 Å². The molecule has 0 saturated carbocycles. The Morgan fingerprint density at radius 1 is 1.00 bits per heavy atom. The minimum absolute atomic E-state index is 0.302. The number of hydrogen-bond donors (Lipinski definition) is 1. The highest BCUT2D eigenvalue weighted by Gasteiger charge is 2.17. The second kappa shape index (κ2) is 6.53. The Kier molecular flexibility index (Phi) is 4.97. The monoisotopic (exact) mass is 315 g/mol. The van der Waals surface area contributed by atoms with Crippen LogP contribution in [0.1, 0.15) is 17.2 Å². The minimum atomic E-state index is -0.403. The molecule has 0 aliphatic carbocycles. The van der Waals surface area contributed by atoms with Crippen LogP contribution in [0.25, 0.3) is 0 Å². The van der Waals surface area contributed by atoms with Crippen molar-refractivity contribution in [2.75, 3.05) is 7.05 Å². The van der Waals surface area contributed by atoms with E-state index in [9.17, 15) is 8.78 Å². The summed E-state index contributed by atoms with van der Waals surface area (Å²) in [4.78, 5) is 0. The highest BCUT2D eigenvalue weighted by Crippen LogP contribution is 2.26. The van der Waals surface area contributed by atoms with Crippen LogP contribution < -0.4 is 5.32 Å². The Morgan fingerprint density at radius 2 is 1.65 bits per heavy atom. The summed E-state index contributed by atoms with van der Waals surface area (Å²) in [5, 5.41) is 3.76. The lowest BCUT2D eigenvalue weighted by atomic mass is 9.98. The highest BCUT2D eigenvalue weighted by molar-refractivity contribution is 6.30. The first kappa shape index (κ1) is 15.2. The third kappa shape index (κ3) is 3.48. The minimum Gasteiger partial charge on any atom is -0.313 e. The topological polar surface area (TPSA) is 12.0 Å². The Bertz CT molecular complexity index is 617. The maximum atomic E-state index is 13.9. The molecule has 106 valence electrons. The SMILES string of the molecule is CNC(Cc1ccc(Cl)cc1F)c1cc(Cl)ccc1F. The largest absolute Gasteiger partial charge is 0.313 e. The van der Waals surface area contributed by atoms with Crippen LogP contribution in [0.4, 0.5) is 8.78 Å². The van der Waals surface area contributed by atoms with Crippen molar-refractivity contribution < 1.29 is 8.78 Å². The third-order valence-electron chi connectivity index (χ3n) is 3.12. The number of likely N-dealkylation sites (N-methyl/N-ethyl adjacent to an activating group) is 1. The summed E-state index contributed by atoms with van der Waals surface area (Å²) >= 11 is 11.6. The molecule has 0 amide bonds. The first-order valence-corrected chi connectivity index (χ1v) is 6.83. The normalized spacial score (nSPS) is 12.4. The molecule has 0 bridgehead atoms. The van der Waals surface area contributed by atoms with Gasteiger partial charge in [0.25, 0.3) is 0 Å². The average molecular weight is 316 g/mol. The van der Waals surface area contributed by atoms with Gasteiger partial charge in [0.15, 0.2) is 0 Å². The first-order valence-electron chi connectivity index (χ1n) is 6.07. The quantitative estimate of drug-likeness (QED) is 0.856. The molecule has 5 heteroatoms. The number of rotatable bonds is 4. The van der Waals surface area contributed by atoms with Crippen molar-refractivity contribution >= 4 is 23.2 Å². The Labute approximate surface area is 126 Å². The van der Waals surface area contributed by atoms with Gasteiger partial charge in [0, 0.05) is 21.7 Å². The van der Waals surface area contributed by atoms with Gasteiger partial charge in [-0.15, -0.1) is 0 Å². The lowest BCUT2D eigenvalue weighted by molar-refractivity contribution is 0.520. The van der Waals surface area contributed by atoms with E-state index in [0.717, 1.165) is 0 Å². The summed E-state index contributed by atoms with van der Waals surface area (Å²) in [6.45, 7) is 0. The van der Waals surface area contributed by atoms with Crippen LogP contribution in [0.2, 0.25) is 10.0 Å². The van der Waals surface area contributed by atoms with Crippen LogP contribution in [0, 0.1) is 11.6 Å². The zero-order valence-corrected chi connectivity index (χ0v) is 12.3. The van der Waals surface area contributed by atoms with Gasteiger partial charge in [0.1, 0.15) is 11.6 Å². The van der Waals surface area contributed by atoms with Crippen molar-refractivity contribution in [2.45, 2.75) is 12.5 Å². The molecule has 0 heterocycles. The third-order valence-corrected chi connectivity index (χ3v) is 3.59. The van der Waals surface area contributed by atoms with E-state index in [1.54, 1.807) is 25.2 Å². The summed E-state index contributed by atoms with van der Waals surface area (Å²) in [5.41, 5.74) is 0.877. The number of hydrogen-bond acceptors (Lipinski definition) is 1. The van der Waals surface area contributed by atoms with Gasteiger partial charge in [-0.2, -0.15) is 0 Å². The first-order chi connectivity index (χ1) is 9.51. The molecule has 0 spiro atoms. The molecule has 1 nitrogen and oxygen atoms in total. The zero-order chi connectivity index (χ0) is 14.7. The van der Waals surface area contributed by atoms with Crippen molar-refractivity contribution in [3.05, 3.63) is 69.2 Å². The molecule has 1 atom stereocenters. The van der Waals surface area contributed by atoms with E-state index >= 15 is 0 Å². The van der Waals surface area contributed by atoms with Crippen LogP contribution in [-0.2, 0) is 6.42 Å². The molecule has 0 radical (unpaired) electrons. The predicted molar refractivity (Wildman–Crippen MR) is 78.3 cm³/mol. The van der Waals surface area contributed by atoms with Crippen molar-refractivity contribution in [3.63, 3.8) is 0 Å². The maximum absolute atomic E-state index is 13.9. The number of nitrogens with one attached hydrogen (secondary N) is 1. The summed E-state index contributed by atoms with van der Waals surface area (Å²) in [6, 6.07) is 8.43. The highest BCUT2D eigenvalue weighted by atomic mass is 35.5. The molecule has 0 aromatic heterocycles. The van der Waals surface area contributed by atoms with Crippen molar-refractivity contribution in [3.8, 4) is 0 Å². The zero-order valence-electron chi connectivity index (χ0n) is 10.8. The molecule has 0 aliphatic heterocycles. The fourth-order valence-corrected chi connectivity index (χ4v) is 2.40. The number of benzene rings is 2. The van der Waals surface area contributed by atoms with Crippen LogP contribution in [0.5, 0.6) is 0 Å². The Morgan fingerprint density at radius 3 is 2.30 bits per heavy atom. The molecule has 2 aromatic rings. The van der Waals surface area contributed by atoms with E-state index in [-0.39, 0.29) is 11.9 Å². The molecule has 1 unspecified atom stereocenters. The van der Waals surface area contributed by atoms with E-state index < -0.39 is 5.82 Å². The van der Waals surface area contributed by atoms with Crippen LogP contribution in [0.3, 0.4) is 0 Å². The van der Waals surface area contributed by atoms with Gasteiger partial charge in [0.2, 0.25) is 0 Å². The second-order valence-electron chi connectivity index (χ2n) is 4.45. The molecule has 0 aliphatic rings.